The maximum atomic E-state index is 9.44. The van der Waals surface area contributed by atoms with Crippen LogP contribution in [0.25, 0.3) is 10.9 Å². The van der Waals surface area contributed by atoms with Gasteiger partial charge in [-0.1, -0.05) is 45.0 Å². The average Bonchev–Trinajstić information content (AvgIpc) is 2.26. The van der Waals surface area contributed by atoms with Crippen LogP contribution >= 0.6 is 0 Å². The van der Waals surface area contributed by atoms with Gasteiger partial charge in [0.05, 0.1) is 5.52 Å². The molecular weight excluding hydrogens is 213 g/mol. The molecule has 0 saturated carbocycles. The summed E-state index contributed by atoms with van der Waals surface area (Å²) in [6, 6.07) is 9.48. The van der Waals surface area contributed by atoms with Gasteiger partial charge in [-0.25, -0.2) is 0 Å². The molecule has 0 aliphatic rings. The Bertz CT molecular complexity index is 547. The molecule has 0 spiro atoms. The number of para-hydroxylation sites is 1. The van der Waals surface area contributed by atoms with Crippen molar-refractivity contribution >= 4 is 23.5 Å². The second kappa shape index (κ2) is 4.13. The summed E-state index contributed by atoms with van der Waals surface area (Å²) in [4.78, 5) is 4.55. The lowest BCUT2D eigenvalue weighted by molar-refractivity contribution is 0.423. The summed E-state index contributed by atoms with van der Waals surface area (Å²) in [5.41, 5.74) is 1.87. The summed E-state index contributed by atoms with van der Waals surface area (Å²) in [6.45, 7) is 6.03. The molecule has 0 fully saturated rings. The van der Waals surface area contributed by atoms with Crippen LogP contribution in [0.2, 0.25) is 0 Å². The highest BCUT2D eigenvalue weighted by Gasteiger charge is 2.26. The second-order valence-corrected chi connectivity index (χ2v) is 5.24. The van der Waals surface area contributed by atoms with Crippen molar-refractivity contribution in [3.05, 3.63) is 36.0 Å². The van der Waals surface area contributed by atoms with E-state index in [-0.39, 0.29) is 5.41 Å². The third kappa shape index (κ3) is 2.33. The Kier molecular flexibility index (Phi) is 2.93. The molecule has 0 atom stereocenters. The number of hydrogen-bond donors (Lipinski definition) is 2. The van der Waals surface area contributed by atoms with Gasteiger partial charge in [0.2, 0.25) is 0 Å². The van der Waals surface area contributed by atoms with Crippen LogP contribution in [0.5, 0.6) is 0 Å². The average molecular weight is 229 g/mol. The van der Waals surface area contributed by atoms with Crippen LogP contribution in [0, 0.1) is 0 Å². The van der Waals surface area contributed by atoms with Crippen LogP contribution in [0.1, 0.15) is 26.5 Å². The van der Waals surface area contributed by atoms with Crippen molar-refractivity contribution < 1.29 is 10.0 Å². The predicted molar refractivity (Wildman–Crippen MR) is 70.3 cm³/mol. The highest BCUT2D eigenvalue weighted by Crippen LogP contribution is 2.21. The van der Waals surface area contributed by atoms with Crippen LogP contribution in [0.3, 0.4) is 0 Å². The molecular formula is C13H16BNO2. The van der Waals surface area contributed by atoms with Gasteiger partial charge in [0, 0.05) is 16.6 Å². The monoisotopic (exact) mass is 229 g/mol. The topological polar surface area (TPSA) is 53.4 Å². The van der Waals surface area contributed by atoms with Crippen molar-refractivity contribution in [3.63, 3.8) is 0 Å². The first kappa shape index (κ1) is 12.1. The molecule has 3 nitrogen and oxygen atoms in total. The van der Waals surface area contributed by atoms with Crippen LogP contribution in [-0.2, 0) is 5.41 Å². The number of benzene rings is 1. The maximum Gasteiger partial charge on any atom is 0.490 e. The van der Waals surface area contributed by atoms with E-state index in [9.17, 15) is 10.0 Å². The zero-order valence-corrected chi connectivity index (χ0v) is 10.3. The largest absolute Gasteiger partial charge is 0.490 e. The van der Waals surface area contributed by atoms with Crippen molar-refractivity contribution in [1.29, 1.82) is 0 Å². The summed E-state index contributed by atoms with van der Waals surface area (Å²) < 4.78 is 0. The van der Waals surface area contributed by atoms with E-state index >= 15 is 0 Å². The minimum Gasteiger partial charge on any atom is -0.423 e. The summed E-state index contributed by atoms with van der Waals surface area (Å²) in [7, 11) is -1.48. The third-order valence-electron chi connectivity index (χ3n) is 2.74. The molecule has 0 aliphatic carbocycles. The molecule has 0 unspecified atom stereocenters. The van der Waals surface area contributed by atoms with Gasteiger partial charge in [0.25, 0.3) is 0 Å². The second-order valence-electron chi connectivity index (χ2n) is 5.24. The molecule has 2 rings (SSSR count). The van der Waals surface area contributed by atoms with E-state index in [0.29, 0.717) is 5.46 Å². The van der Waals surface area contributed by atoms with Crippen LogP contribution < -0.4 is 5.46 Å². The van der Waals surface area contributed by atoms with Crippen LogP contribution in [0.4, 0.5) is 0 Å². The SMILES string of the molecule is CC(C)(C)c1nc2ccccc2cc1B(O)O. The summed E-state index contributed by atoms with van der Waals surface area (Å²) in [5.74, 6) is 0. The van der Waals surface area contributed by atoms with Gasteiger partial charge < -0.3 is 10.0 Å². The van der Waals surface area contributed by atoms with Gasteiger partial charge in [0.1, 0.15) is 0 Å². The Morgan fingerprint density at radius 1 is 1.12 bits per heavy atom. The molecule has 0 radical (unpaired) electrons. The molecule has 1 aromatic heterocycles. The van der Waals surface area contributed by atoms with Gasteiger partial charge >= 0.3 is 7.12 Å². The van der Waals surface area contributed by atoms with E-state index in [1.54, 1.807) is 6.07 Å². The normalized spacial score (nSPS) is 11.8. The molecule has 0 amide bonds. The van der Waals surface area contributed by atoms with Gasteiger partial charge in [-0.2, -0.15) is 0 Å². The van der Waals surface area contributed by atoms with E-state index in [4.69, 9.17) is 0 Å². The minimum atomic E-state index is -1.48. The van der Waals surface area contributed by atoms with Crippen molar-refractivity contribution in [1.82, 2.24) is 4.98 Å². The summed E-state index contributed by atoms with van der Waals surface area (Å²) in [6.07, 6.45) is 0. The third-order valence-corrected chi connectivity index (χ3v) is 2.74. The van der Waals surface area contributed by atoms with Gasteiger partial charge in [-0.05, 0) is 11.5 Å². The fourth-order valence-corrected chi connectivity index (χ4v) is 1.93. The van der Waals surface area contributed by atoms with E-state index in [1.807, 2.05) is 45.0 Å². The van der Waals surface area contributed by atoms with E-state index in [0.717, 1.165) is 16.6 Å². The molecule has 1 aromatic carbocycles. The summed E-state index contributed by atoms with van der Waals surface area (Å²) >= 11 is 0. The fraction of sp³-hybridized carbons (Fsp3) is 0.308. The number of hydrogen-bond acceptors (Lipinski definition) is 3. The molecule has 88 valence electrons. The number of rotatable bonds is 1. The molecule has 4 heteroatoms. The van der Waals surface area contributed by atoms with Gasteiger partial charge in [0.15, 0.2) is 0 Å². The molecule has 2 aromatic rings. The maximum absolute atomic E-state index is 9.44. The Balaban J connectivity index is 2.75. The fourth-order valence-electron chi connectivity index (χ4n) is 1.93. The molecule has 1 heterocycles. The highest BCUT2D eigenvalue weighted by atomic mass is 16.4. The van der Waals surface area contributed by atoms with E-state index in [1.165, 1.54) is 0 Å². The van der Waals surface area contributed by atoms with E-state index in [2.05, 4.69) is 4.98 Å². The zero-order chi connectivity index (χ0) is 12.6. The lowest BCUT2D eigenvalue weighted by Crippen LogP contribution is -2.38. The molecule has 2 N–H and O–H groups in total. The Hall–Kier alpha value is -1.39. The van der Waals surface area contributed by atoms with Crippen molar-refractivity contribution in [3.8, 4) is 0 Å². The predicted octanol–water partition coefficient (Wildman–Crippen LogP) is 1.21. The highest BCUT2D eigenvalue weighted by molar-refractivity contribution is 6.59. The lowest BCUT2D eigenvalue weighted by atomic mass is 9.72. The number of nitrogens with zero attached hydrogens (tertiary/aromatic N) is 1. The molecule has 0 saturated heterocycles. The standard InChI is InChI=1S/C13H16BNO2/c1-13(2,3)12-10(14(16)17)8-9-6-4-5-7-11(9)15-12/h4-8,16-17H,1-3H3. The van der Waals surface area contributed by atoms with Crippen molar-refractivity contribution in [2.24, 2.45) is 0 Å². The Labute approximate surface area is 101 Å². The van der Waals surface area contributed by atoms with Crippen LogP contribution in [-0.4, -0.2) is 22.2 Å². The number of aromatic nitrogens is 1. The van der Waals surface area contributed by atoms with Crippen LogP contribution in [0.15, 0.2) is 30.3 Å². The first-order chi connectivity index (χ1) is 7.89. The first-order valence-corrected chi connectivity index (χ1v) is 5.66. The Morgan fingerprint density at radius 3 is 2.35 bits per heavy atom. The summed E-state index contributed by atoms with van der Waals surface area (Å²) in [5, 5.41) is 19.8. The van der Waals surface area contributed by atoms with Crippen molar-refractivity contribution in [2.75, 3.05) is 0 Å². The molecule has 0 aliphatic heterocycles. The van der Waals surface area contributed by atoms with Crippen molar-refractivity contribution in [2.45, 2.75) is 26.2 Å². The zero-order valence-electron chi connectivity index (χ0n) is 10.3. The smallest absolute Gasteiger partial charge is 0.423 e. The number of pyridine rings is 1. The lowest BCUT2D eigenvalue weighted by Gasteiger charge is -2.22. The number of fused-ring (bicyclic) bond motifs is 1. The minimum absolute atomic E-state index is 0.219. The first-order valence-electron chi connectivity index (χ1n) is 5.66. The van der Waals surface area contributed by atoms with Gasteiger partial charge in [-0.3, -0.25) is 4.98 Å². The quantitative estimate of drug-likeness (QED) is 0.722. The van der Waals surface area contributed by atoms with E-state index < -0.39 is 7.12 Å². The molecule has 17 heavy (non-hydrogen) atoms. The van der Waals surface area contributed by atoms with Gasteiger partial charge in [-0.15, -0.1) is 0 Å². The molecule has 0 bridgehead atoms. The Morgan fingerprint density at radius 2 is 1.76 bits per heavy atom.